The van der Waals surface area contributed by atoms with E-state index in [2.05, 4.69) is 5.32 Å². The van der Waals surface area contributed by atoms with Crippen molar-refractivity contribution in [1.82, 2.24) is 5.32 Å². The van der Waals surface area contributed by atoms with E-state index in [4.69, 9.17) is 16.3 Å². The molecule has 0 radical (unpaired) electrons. The third-order valence-electron chi connectivity index (χ3n) is 3.85. The minimum atomic E-state index is -0.888. The summed E-state index contributed by atoms with van der Waals surface area (Å²) in [5.74, 6) is 0.264. The number of benzene rings is 1. The number of carbonyl (C=O) groups is 2. The maximum absolute atomic E-state index is 12.8. The SMILES string of the molecule is CCC1(C)NC(=O)CCN(c2ccc(Cl)c(OC)c2)C1=O. The van der Waals surface area contributed by atoms with Gasteiger partial charge in [0.05, 0.1) is 12.1 Å². The van der Waals surface area contributed by atoms with Crippen molar-refractivity contribution in [3.05, 3.63) is 23.2 Å². The first kappa shape index (κ1) is 15.6. The lowest BCUT2D eigenvalue weighted by Gasteiger charge is -2.31. The average Bonchev–Trinajstić information content (AvgIpc) is 2.58. The number of methoxy groups -OCH3 is 1. The largest absolute Gasteiger partial charge is 0.495 e. The van der Waals surface area contributed by atoms with Gasteiger partial charge in [-0.1, -0.05) is 18.5 Å². The Hall–Kier alpha value is -1.75. The van der Waals surface area contributed by atoms with Gasteiger partial charge in [0.1, 0.15) is 11.3 Å². The van der Waals surface area contributed by atoms with E-state index in [1.807, 2.05) is 6.92 Å². The Balaban J connectivity index is 2.42. The summed E-state index contributed by atoms with van der Waals surface area (Å²) in [5.41, 5.74) is -0.210. The first-order chi connectivity index (χ1) is 9.91. The molecule has 5 nitrogen and oxygen atoms in total. The molecule has 1 N–H and O–H groups in total. The van der Waals surface area contributed by atoms with E-state index < -0.39 is 5.54 Å². The summed E-state index contributed by atoms with van der Waals surface area (Å²) in [7, 11) is 1.52. The van der Waals surface area contributed by atoms with Crippen molar-refractivity contribution in [2.45, 2.75) is 32.2 Å². The highest BCUT2D eigenvalue weighted by atomic mass is 35.5. The van der Waals surface area contributed by atoms with Crippen LogP contribution in [0.5, 0.6) is 5.75 Å². The molecule has 0 spiro atoms. The molecule has 0 saturated carbocycles. The Bertz CT molecular complexity index is 576. The van der Waals surface area contributed by atoms with Gasteiger partial charge in [-0.3, -0.25) is 9.59 Å². The van der Waals surface area contributed by atoms with Gasteiger partial charge in [-0.15, -0.1) is 0 Å². The van der Waals surface area contributed by atoms with Crippen LogP contribution in [0.4, 0.5) is 5.69 Å². The van der Waals surface area contributed by atoms with E-state index in [1.54, 1.807) is 30.0 Å². The molecule has 114 valence electrons. The van der Waals surface area contributed by atoms with Gasteiger partial charge in [0.15, 0.2) is 0 Å². The monoisotopic (exact) mass is 310 g/mol. The predicted octanol–water partition coefficient (Wildman–Crippen LogP) is 2.37. The van der Waals surface area contributed by atoms with Crippen LogP contribution < -0.4 is 15.0 Å². The number of hydrogen-bond donors (Lipinski definition) is 1. The van der Waals surface area contributed by atoms with E-state index in [0.29, 0.717) is 29.4 Å². The second-order valence-corrected chi connectivity index (χ2v) is 5.67. The first-order valence-electron chi connectivity index (χ1n) is 6.88. The molecule has 21 heavy (non-hydrogen) atoms. The zero-order chi connectivity index (χ0) is 15.6. The summed E-state index contributed by atoms with van der Waals surface area (Å²) >= 11 is 6.02. The fraction of sp³-hybridized carbons (Fsp3) is 0.467. The van der Waals surface area contributed by atoms with Crippen LogP contribution in [0.3, 0.4) is 0 Å². The van der Waals surface area contributed by atoms with Crippen LogP contribution in [0, 0.1) is 0 Å². The Morgan fingerprint density at radius 1 is 1.43 bits per heavy atom. The molecule has 0 aliphatic carbocycles. The molecule has 2 amide bonds. The number of carbonyl (C=O) groups excluding carboxylic acids is 2. The van der Waals surface area contributed by atoms with E-state index in [0.717, 1.165) is 0 Å². The standard InChI is InChI=1S/C15H19ClN2O3/c1-4-15(2)14(20)18(8-7-13(19)17-15)10-5-6-11(16)12(9-10)21-3/h5-6,9H,4,7-8H2,1-3H3,(H,17,19). The lowest BCUT2D eigenvalue weighted by atomic mass is 9.97. The number of nitrogens with one attached hydrogen (secondary N) is 1. The molecule has 1 atom stereocenters. The van der Waals surface area contributed by atoms with Crippen molar-refractivity contribution >= 4 is 29.1 Å². The van der Waals surface area contributed by atoms with Crippen molar-refractivity contribution < 1.29 is 14.3 Å². The molecule has 1 heterocycles. The van der Waals surface area contributed by atoms with E-state index in [9.17, 15) is 9.59 Å². The second-order valence-electron chi connectivity index (χ2n) is 5.26. The lowest BCUT2D eigenvalue weighted by Crippen LogP contribution is -2.54. The van der Waals surface area contributed by atoms with Gasteiger partial charge in [-0.2, -0.15) is 0 Å². The number of nitrogens with zero attached hydrogens (tertiary/aromatic N) is 1. The van der Waals surface area contributed by atoms with Gasteiger partial charge in [0.2, 0.25) is 5.91 Å². The fourth-order valence-electron chi connectivity index (χ4n) is 2.34. The summed E-state index contributed by atoms with van der Waals surface area (Å²) in [6.45, 7) is 3.97. The number of rotatable bonds is 3. The number of anilines is 1. The zero-order valence-corrected chi connectivity index (χ0v) is 13.2. The highest BCUT2D eigenvalue weighted by Gasteiger charge is 2.39. The maximum Gasteiger partial charge on any atom is 0.252 e. The third-order valence-corrected chi connectivity index (χ3v) is 4.16. The topological polar surface area (TPSA) is 58.6 Å². The second kappa shape index (κ2) is 5.93. The molecule has 1 unspecified atom stereocenters. The highest BCUT2D eigenvalue weighted by molar-refractivity contribution is 6.32. The minimum absolute atomic E-state index is 0.115. The molecule has 1 aliphatic heterocycles. The van der Waals surface area contributed by atoms with Gasteiger partial charge in [0.25, 0.3) is 5.91 Å². The van der Waals surface area contributed by atoms with Crippen LogP contribution in [0.25, 0.3) is 0 Å². The van der Waals surface area contributed by atoms with Gasteiger partial charge in [0, 0.05) is 24.7 Å². The molecular weight excluding hydrogens is 292 g/mol. The van der Waals surface area contributed by atoms with Gasteiger partial charge < -0.3 is 15.0 Å². The average molecular weight is 311 g/mol. The van der Waals surface area contributed by atoms with Gasteiger partial charge in [-0.25, -0.2) is 0 Å². The molecule has 1 aliphatic rings. The summed E-state index contributed by atoms with van der Waals surface area (Å²) < 4.78 is 5.19. The summed E-state index contributed by atoms with van der Waals surface area (Å²) in [4.78, 5) is 26.2. The Labute approximate surface area is 129 Å². The first-order valence-corrected chi connectivity index (χ1v) is 7.25. The van der Waals surface area contributed by atoms with Crippen LogP contribution in [0.2, 0.25) is 5.02 Å². The van der Waals surface area contributed by atoms with Gasteiger partial charge >= 0.3 is 0 Å². The fourth-order valence-corrected chi connectivity index (χ4v) is 2.53. The van der Waals surface area contributed by atoms with E-state index >= 15 is 0 Å². The van der Waals surface area contributed by atoms with Gasteiger partial charge in [-0.05, 0) is 25.5 Å². The summed E-state index contributed by atoms with van der Waals surface area (Å²) in [6.07, 6.45) is 0.797. The zero-order valence-electron chi connectivity index (χ0n) is 12.4. The van der Waals surface area contributed by atoms with Crippen LogP contribution in [0.15, 0.2) is 18.2 Å². The Morgan fingerprint density at radius 3 is 2.76 bits per heavy atom. The molecule has 1 aromatic carbocycles. The Kier molecular flexibility index (Phi) is 4.42. The quantitative estimate of drug-likeness (QED) is 0.932. The summed E-state index contributed by atoms with van der Waals surface area (Å²) in [6, 6.07) is 5.16. The van der Waals surface area contributed by atoms with Crippen LogP contribution >= 0.6 is 11.6 Å². The molecule has 1 aromatic rings. The van der Waals surface area contributed by atoms with Crippen molar-refractivity contribution in [1.29, 1.82) is 0 Å². The van der Waals surface area contributed by atoms with Crippen LogP contribution in [-0.2, 0) is 9.59 Å². The van der Waals surface area contributed by atoms with Crippen LogP contribution in [-0.4, -0.2) is 31.0 Å². The predicted molar refractivity (Wildman–Crippen MR) is 81.8 cm³/mol. The lowest BCUT2D eigenvalue weighted by molar-refractivity contribution is -0.129. The van der Waals surface area contributed by atoms with Crippen molar-refractivity contribution in [3.8, 4) is 5.75 Å². The molecule has 2 rings (SSSR count). The van der Waals surface area contributed by atoms with Crippen LogP contribution in [0.1, 0.15) is 26.7 Å². The molecule has 1 fully saturated rings. The minimum Gasteiger partial charge on any atom is -0.495 e. The Morgan fingerprint density at radius 2 is 2.14 bits per heavy atom. The maximum atomic E-state index is 12.8. The van der Waals surface area contributed by atoms with E-state index in [-0.39, 0.29) is 18.2 Å². The smallest absolute Gasteiger partial charge is 0.252 e. The number of halogens is 1. The normalized spacial score (nSPS) is 22.8. The molecular formula is C15H19ClN2O3. The molecule has 1 saturated heterocycles. The number of amides is 2. The number of ether oxygens (including phenoxy) is 1. The highest BCUT2D eigenvalue weighted by Crippen LogP contribution is 2.31. The van der Waals surface area contributed by atoms with Crippen molar-refractivity contribution in [3.63, 3.8) is 0 Å². The summed E-state index contributed by atoms with van der Waals surface area (Å²) in [5, 5.41) is 3.29. The molecule has 0 bridgehead atoms. The third kappa shape index (κ3) is 2.97. The van der Waals surface area contributed by atoms with Crippen molar-refractivity contribution in [2.75, 3.05) is 18.6 Å². The molecule has 6 heteroatoms. The van der Waals surface area contributed by atoms with E-state index in [1.165, 1.54) is 7.11 Å². The number of hydrogen-bond acceptors (Lipinski definition) is 3. The van der Waals surface area contributed by atoms with Crippen molar-refractivity contribution in [2.24, 2.45) is 0 Å². The molecule has 0 aromatic heterocycles.